The van der Waals surface area contributed by atoms with Gasteiger partial charge in [-0.2, -0.15) is 0 Å². The number of likely N-dealkylation sites (tertiary alicyclic amines) is 1. The van der Waals surface area contributed by atoms with Gasteiger partial charge < -0.3 is 26.6 Å². The Morgan fingerprint density at radius 1 is 1.09 bits per heavy atom. The molecule has 3 rings (SSSR count). The third-order valence-corrected chi connectivity index (χ3v) is 6.64. The van der Waals surface area contributed by atoms with Gasteiger partial charge >= 0.3 is 0 Å². The summed E-state index contributed by atoms with van der Waals surface area (Å²) < 4.78 is 0. The van der Waals surface area contributed by atoms with E-state index in [1.54, 1.807) is 0 Å². The van der Waals surface area contributed by atoms with E-state index >= 15 is 0 Å². The number of benzene rings is 1. The van der Waals surface area contributed by atoms with Crippen molar-refractivity contribution in [1.82, 2.24) is 15.2 Å². The number of carbonyl (C=O) groups is 3. The number of carbonyl (C=O) groups excluding carboxylic acids is 3. The van der Waals surface area contributed by atoms with Crippen LogP contribution < -0.4 is 21.7 Å². The van der Waals surface area contributed by atoms with E-state index in [4.69, 9.17) is 11.1 Å². The molecule has 6 N–H and O–H groups in total. The molecule has 1 aliphatic heterocycles. The van der Waals surface area contributed by atoms with Crippen LogP contribution in [0.1, 0.15) is 60.0 Å². The maximum Gasteiger partial charge on any atom is 0.263 e. The minimum absolute atomic E-state index is 0.128. The van der Waals surface area contributed by atoms with Gasteiger partial charge in [-0.05, 0) is 56.2 Å². The van der Waals surface area contributed by atoms with E-state index in [1.165, 1.54) is 13.3 Å². The highest BCUT2D eigenvalue weighted by Gasteiger charge is 2.19. The first-order chi connectivity index (χ1) is 16.8. The molecule has 1 fully saturated rings. The Kier molecular flexibility index (Phi) is 9.59. The largest absolute Gasteiger partial charge is 0.370 e. The second kappa shape index (κ2) is 12.8. The summed E-state index contributed by atoms with van der Waals surface area (Å²) >= 11 is 1.15. The Balaban J connectivity index is 1.56. The topological polar surface area (TPSA) is 153 Å². The molecule has 0 bridgehead atoms. The molecule has 0 saturated carbocycles. The molecular weight excluding hydrogens is 466 g/mol. The Bertz CT molecular complexity index is 1050. The van der Waals surface area contributed by atoms with Gasteiger partial charge in [0, 0.05) is 38.7 Å². The van der Waals surface area contributed by atoms with Crippen LogP contribution in [0.4, 0.5) is 10.8 Å². The number of guanidine groups is 1. The second-order valence-electron chi connectivity index (χ2n) is 8.51. The lowest BCUT2D eigenvalue weighted by molar-refractivity contribution is -0.132. The third kappa shape index (κ3) is 8.36. The Morgan fingerprint density at radius 2 is 1.80 bits per heavy atom. The Hall–Kier alpha value is -3.47. The molecule has 0 unspecified atom stereocenters. The van der Waals surface area contributed by atoms with Crippen LogP contribution in [0.25, 0.3) is 0 Å². The summed E-state index contributed by atoms with van der Waals surface area (Å²) in [5.41, 5.74) is 7.73. The molecule has 10 nitrogen and oxygen atoms in total. The second-order valence-corrected chi connectivity index (χ2v) is 9.51. The zero-order chi connectivity index (χ0) is 25.2. The van der Waals surface area contributed by atoms with E-state index in [1.807, 2.05) is 29.2 Å². The Labute approximate surface area is 209 Å². The summed E-state index contributed by atoms with van der Waals surface area (Å²) in [6.45, 7) is 3.46. The first-order valence-electron chi connectivity index (χ1n) is 11.8. The fourth-order valence-corrected chi connectivity index (χ4v) is 4.87. The molecule has 1 aromatic carbocycles. The maximum absolute atomic E-state index is 12.9. The van der Waals surface area contributed by atoms with Gasteiger partial charge in [-0.1, -0.05) is 23.5 Å². The van der Waals surface area contributed by atoms with Gasteiger partial charge in [0.2, 0.25) is 11.8 Å². The summed E-state index contributed by atoms with van der Waals surface area (Å²) in [7, 11) is 0. The van der Waals surface area contributed by atoms with Crippen LogP contribution in [0.15, 0.2) is 24.3 Å². The highest BCUT2D eigenvalue weighted by Crippen LogP contribution is 2.25. The highest BCUT2D eigenvalue weighted by atomic mass is 32.1. The van der Waals surface area contributed by atoms with E-state index in [-0.39, 0.29) is 23.7 Å². The fraction of sp³-hybridized carbons (Fsp3) is 0.458. The summed E-state index contributed by atoms with van der Waals surface area (Å²) in [4.78, 5) is 43.5. The summed E-state index contributed by atoms with van der Waals surface area (Å²) in [6, 6.07) is 7.51. The number of aromatic nitrogens is 1. The van der Waals surface area contributed by atoms with Crippen LogP contribution in [0.2, 0.25) is 0 Å². The van der Waals surface area contributed by atoms with Gasteiger partial charge in [0.25, 0.3) is 5.91 Å². The molecule has 0 aliphatic carbocycles. The summed E-state index contributed by atoms with van der Waals surface area (Å²) in [5, 5.41) is 16.0. The highest BCUT2D eigenvalue weighted by molar-refractivity contribution is 7.17. The molecule has 2 aromatic rings. The van der Waals surface area contributed by atoms with Crippen molar-refractivity contribution in [3.63, 3.8) is 0 Å². The molecular formula is C24H33N7O3S. The van der Waals surface area contributed by atoms with Gasteiger partial charge in [0.05, 0.1) is 5.69 Å². The summed E-state index contributed by atoms with van der Waals surface area (Å²) in [5.74, 6) is -0.477. The number of nitrogens with zero attached hydrogens (tertiary/aromatic N) is 2. The Morgan fingerprint density at radius 3 is 2.46 bits per heavy atom. The van der Waals surface area contributed by atoms with Crippen LogP contribution >= 0.6 is 11.3 Å². The number of aryl methyl sites for hydroxylation is 2. The van der Waals surface area contributed by atoms with Crippen molar-refractivity contribution in [3.05, 3.63) is 40.4 Å². The number of nitrogens with two attached hydrogens (primary N) is 1. The van der Waals surface area contributed by atoms with E-state index in [0.717, 1.165) is 48.5 Å². The molecule has 0 spiro atoms. The monoisotopic (exact) mass is 499 g/mol. The molecule has 0 atom stereocenters. The van der Waals surface area contributed by atoms with E-state index in [2.05, 4.69) is 20.9 Å². The maximum atomic E-state index is 12.9. The zero-order valence-corrected chi connectivity index (χ0v) is 20.8. The first-order valence-corrected chi connectivity index (χ1v) is 12.7. The van der Waals surface area contributed by atoms with Crippen molar-refractivity contribution in [2.75, 3.05) is 30.3 Å². The van der Waals surface area contributed by atoms with Crippen LogP contribution in [0, 0.1) is 5.41 Å². The van der Waals surface area contributed by atoms with Crippen LogP contribution in [0.5, 0.6) is 0 Å². The normalized spacial score (nSPS) is 13.2. The van der Waals surface area contributed by atoms with Crippen LogP contribution in [0.3, 0.4) is 0 Å². The summed E-state index contributed by atoms with van der Waals surface area (Å²) in [6.07, 6.45) is 5.47. The fourth-order valence-electron chi connectivity index (χ4n) is 3.90. The number of hydrogen-bond acceptors (Lipinski definition) is 6. The minimum Gasteiger partial charge on any atom is -0.370 e. The minimum atomic E-state index is -0.250. The molecule has 0 radical (unpaired) electrons. The average Bonchev–Trinajstić information content (AvgIpc) is 3.23. The van der Waals surface area contributed by atoms with Gasteiger partial charge in [0.15, 0.2) is 11.1 Å². The number of thiazole rings is 1. The van der Waals surface area contributed by atoms with Gasteiger partial charge in [0.1, 0.15) is 4.88 Å². The molecule has 11 heteroatoms. The number of amides is 3. The van der Waals surface area contributed by atoms with Crippen molar-refractivity contribution in [2.24, 2.45) is 5.73 Å². The van der Waals surface area contributed by atoms with Gasteiger partial charge in [-0.25, -0.2) is 4.98 Å². The lowest BCUT2D eigenvalue weighted by Crippen LogP contribution is -2.36. The van der Waals surface area contributed by atoms with E-state index in [0.29, 0.717) is 47.9 Å². The van der Waals surface area contributed by atoms with E-state index < -0.39 is 0 Å². The number of nitrogens with one attached hydrogen (secondary N) is 4. The molecule has 35 heavy (non-hydrogen) atoms. The molecule has 2 heterocycles. The number of hydrogen-bond donors (Lipinski definition) is 5. The van der Waals surface area contributed by atoms with Gasteiger partial charge in [-0.15, -0.1) is 0 Å². The number of anilines is 2. The molecule has 3 amide bonds. The lowest BCUT2D eigenvalue weighted by Gasteiger charge is -2.26. The number of rotatable bonds is 10. The van der Waals surface area contributed by atoms with Crippen molar-refractivity contribution in [2.45, 2.75) is 51.9 Å². The van der Waals surface area contributed by atoms with Crippen molar-refractivity contribution < 1.29 is 14.4 Å². The molecule has 188 valence electrons. The van der Waals surface area contributed by atoms with Crippen molar-refractivity contribution in [1.29, 1.82) is 5.41 Å². The van der Waals surface area contributed by atoms with Crippen molar-refractivity contribution >= 4 is 45.8 Å². The average molecular weight is 500 g/mol. The lowest BCUT2D eigenvalue weighted by atomic mass is 10.1. The number of piperidine rings is 1. The zero-order valence-electron chi connectivity index (χ0n) is 20.0. The standard InChI is InChI=1S/C24H33N7O3S/c1-16(32)28-24-30-19(12-9-17-7-10-18(11-8-17)29-23(25)26)21(35-24)22(34)27-13-5-6-20(33)31-14-3-2-4-15-31/h7-8,10-11H,2-6,9,12-15H2,1H3,(H,27,34)(H4,25,26,29)(H,28,30,32). The molecule has 1 aromatic heterocycles. The van der Waals surface area contributed by atoms with Crippen LogP contribution in [-0.4, -0.2) is 53.2 Å². The van der Waals surface area contributed by atoms with Crippen molar-refractivity contribution in [3.8, 4) is 0 Å². The first kappa shape index (κ1) is 26.1. The van der Waals surface area contributed by atoms with Gasteiger partial charge in [-0.3, -0.25) is 19.8 Å². The predicted molar refractivity (Wildman–Crippen MR) is 138 cm³/mol. The van der Waals surface area contributed by atoms with E-state index in [9.17, 15) is 14.4 Å². The van der Waals surface area contributed by atoms with Crippen LogP contribution in [-0.2, 0) is 22.4 Å². The molecule has 1 saturated heterocycles. The predicted octanol–water partition coefficient (Wildman–Crippen LogP) is 2.71. The third-order valence-electron chi connectivity index (χ3n) is 5.63. The quantitative estimate of drug-likeness (QED) is 0.192. The SMILES string of the molecule is CC(=O)Nc1nc(CCc2ccc(NC(=N)N)cc2)c(C(=O)NCCCC(=O)N2CCCCC2)s1. The molecule has 1 aliphatic rings. The smallest absolute Gasteiger partial charge is 0.263 e.